The third kappa shape index (κ3) is 13.3. The molecule has 37 nitrogen and oxygen atoms in total. The lowest BCUT2D eigenvalue weighted by Gasteiger charge is -2.50. The first-order valence-electron chi connectivity index (χ1n) is 26.9. The van der Waals surface area contributed by atoms with Gasteiger partial charge in [0, 0.05) is 19.3 Å². The Balaban J connectivity index is 1.03. The van der Waals surface area contributed by atoms with Gasteiger partial charge in [0.25, 0.3) is 0 Å². The summed E-state index contributed by atoms with van der Waals surface area (Å²) in [5, 5.41) is 213. The second-order valence-corrected chi connectivity index (χ2v) is 21.3. The summed E-state index contributed by atoms with van der Waals surface area (Å²) >= 11 is 0. The standard InChI is InChI=1S/C47H74N2O35/c1-12(55)70-10-19-40-26(62)33(69)47(77-19)83-39-18(9-54)76-46(32(68)25(39)61)82-38-17(8-53)75-45(31(67)24(38)60)81-37-16(7-52)74-44(30(66)23(37)59)80-36-15(6-51)73-43(29(65)22(36)58)79-35-14(5-50)72-42(28(64)21(35)57)78-34-13(4-49-3-2-48-11-49)71-41(84-40)27(63)20(34)56/h2-3,11,13-47,50-54,56-69H,4-10H2,1H3/t13-,14-,15-,16-,17-,18-,19-,20-,21-,22-,23-,24-,25-,26-,27-,28-,29-,30-,31-,32-,33-,34-,35-,36-,37-,38-,39-,40-,41-,42-,43-,44-,45-,46-,47-/m1/s1. The Hall–Kier alpha value is -2.64. The molecule has 21 fully saturated rings. The predicted octanol–water partition coefficient (Wildman–Crippen LogP) is -13.8. The van der Waals surface area contributed by atoms with Crippen LogP contribution in [0.1, 0.15) is 6.92 Å². The highest BCUT2D eigenvalue weighted by Crippen LogP contribution is 2.39. The average Bonchev–Trinajstić information content (AvgIpc) is 1.61. The summed E-state index contributed by atoms with van der Waals surface area (Å²) in [6.07, 6.45) is -65.9. The number of imidazole rings is 1. The van der Waals surface area contributed by atoms with Crippen LogP contribution in [0.4, 0.5) is 0 Å². The van der Waals surface area contributed by atoms with Crippen LogP contribution in [0.15, 0.2) is 18.7 Å². The number of carbonyl (C=O) groups is 1. The first-order valence-corrected chi connectivity index (χ1v) is 26.9. The van der Waals surface area contributed by atoms with Crippen molar-refractivity contribution in [1.82, 2.24) is 9.55 Å². The van der Waals surface area contributed by atoms with Crippen LogP contribution in [0, 0.1) is 0 Å². The van der Waals surface area contributed by atoms with E-state index in [1.165, 1.54) is 23.3 Å². The van der Waals surface area contributed by atoms with E-state index in [9.17, 15) is 102 Å². The third-order valence-corrected chi connectivity index (χ3v) is 15.8. The van der Waals surface area contributed by atoms with Gasteiger partial charge < -0.3 is 173 Å². The van der Waals surface area contributed by atoms with Crippen molar-refractivity contribution in [1.29, 1.82) is 0 Å². The summed E-state index contributed by atoms with van der Waals surface area (Å²) in [5.41, 5.74) is 0. The number of hydrogen-bond acceptors (Lipinski definition) is 36. The second-order valence-electron chi connectivity index (χ2n) is 21.3. The third-order valence-electron chi connectivity index (χ3n) is 15.8. The molecule has 482 valence electrons. The lowest BCUT2D eigenvalue weighted by Crippen LogP contribution is -2.68. The van der Waals surface area contributed by atoms with E-state index < -0.39 is 261 Å². The zero-order chi connectivity index (χ0) is 60.7. The first-order chi connectivity index (χ1) is 40.0. The summed E-state index contributed by atoms with van der Waals surface area (Å²) in [6, 6.07) is 0. The fraction of sp³-hybridized carbons (Fsp3) is 0.915. The molecule has 35 atom stereocenters. The number of carbonyl (C=O) groups excluding carboxylic acids is 1. The Kier molecular flexibility index (Phi) is 22.0. The molecule has 0 radical (unpaired) electrons. The lowest BCUT2D eigenvalue weighted by molar-refractivity contribution is -0.396. The van der Waals surface area contributed by atoms with Crippen molar-refractivity contribution in [3.05, 3.63) is 18.7 Å². The second kappa shape index (κ2) is 28.0. The van der Waals surface area contributed by atoms with Gasteiger partial charge in [0.05, 0.1) is 45.9 Å². The van der Waals surface area contributed by atoms with Gasteiger partial charge in [-0.3, -0.25) is 4.79 Å². The molecule has 37 heteroatoms. The summed E-state index contributed by atoms with van der Waals surface area (Å²) < 4.78 is 88.1. The highest BCUT2D eigenvalue weighted by Gasteiger charge is 2.60. The van der Waals surface area contributed by atoms with E-state index in [1.54, 1.807) is 0 Å². The molecule has 0 unspecified atom stereocenters. The van der Waals surface area contributed by atoms with Crippen molar-refractivity contribution in [2.24, 2.45) is 0 Å². The number of esters is 1. The smallest absolute Gasteiger partial charge is 0.302 e. The molecule has 0 amide bonds. The summed E-state index contributed by atoms with van der Waals surface area (Å²) in [6.45, 7) is -5.34. The van der Waals surface area contributed by atoms with Gasteiger partial charge in [-0.25, -0.2) is 4.98 Å². The summed E-state index contributed by atoms with van der Waals surface area (Å²) in [4.78, 5) is 16.1. The molecular weight excluding hydrogens is 1150 g/mol. The van der Waals surface area contributed by atoms with Gasteiger partial charge in [0.1, 0.15) is 178 Å². The number of aliphatic hydroxyl groups excluding tert-OH is 19. The van der Waals surface area contributed by atoms with Crippen molar-refractivity contribution in [3.8, 4) is 0 Å². The molecule has 22 heterocycles. The summed E-state index contributed by atoms with van der Waals surface area (Å²) in [5.74, 6) is -0.898. The van der Waals surface area contributed by atoms with E-state index in [-0.39, 0.29) is 6.54 Å². The van der Waals surface area contributed by atoms with Crippen LogP contribution in [0.2, 0.25) is 0 Å². The molecule has 21 aliphatic heterocycles. The molecule has 14 bridgehead atoms. The van der Waals surface area contributed by atoms with Gasteiger partial charge in [-0.05, 0) is 0 Å². The number of nitrogens with zero attached hydrogens (tertiary/aromatic N) is 2. The lowest BCUT2D eigenvalue weighted by atomic mass is 9.95. The molecule has 1 aromatic heterocycles. The number of ether oxygens (including phenoxy) is 15. The minimum absolute atomic E-state index is 0.303. The molecular formula is C47H74N2O35. The van der Waals surface area contributed by atoms with Crippen molar-refractivity contribution in [2.45, 2.75) is 228 Å². The van der Waals surface area contributed by atoms with Crippen molar-refractivity contribution in [3.63, 3.8) is 0 Å². The van der Waals surface area contributed by atoms with E-state index >= 15 is 0 Å². The first kappa shape index (κ1) is 65.8. The quantitative estimate of drug-likeness (QED) is 0.102. The SMILES string of the molecule is CC(=O)OC[C@H]1O[C@@H]2O[C@H]3[C@H](O)[C@@H](O)[C@@H](O[C@H]4[C@H](O)[C@@H](O)[C@@H](O[C@H]5[C@H](O)[C@@H](O)[C@@H](O[C@H]6[C@H](O)[C@@H](O)[C@@H](O[C@H]7[C@H](O)[C@@H](O)[C@@H](O[C@H]8[C@H](O)[C@@H](O)[C@@H](O[C@H]1[C@H](O)[C@H]2O)O[C@@H]8Cn1ccnc1)O[C@@H]7CO)O[C@@H]6CO)O[C@@H]5CO)O[C@@H]4CO)O[C@@H]3CO. The van der Waals surface area contributed by atoms with Crippen LogP contribution < -0.4 is 0 Å². The van der Waals surface area contributed by atoms with E-state index in [2.05, 4.69) is 4.98 Å². The van der Waals surface area contributed by atoms with E-state index in [1.807, 2.05) is 0 Å². The topological polar surface area (TPSA) is 558 Å². The van der Waals surface area contributed by atoms with Crippen LogP contribution in [-0.2, 0) is 82.4 Å². The summed E-state index contributed by atoms with van der Waals surface area (Å²) in [7, 11) is 0. The molecule has 21 saturated heterocycles. The molecule has 0 spiro atoms. The van der Waals surface area contributed by atoms with E-state index in [0.717, 1.165) is 6.92 Å². The molecule has 0 aromatic carbocycles. The number of hydrogen-bond donors (Lipinski definition) is 19. The molecule has 84 heavy (non-hydrogen) atoms. The largest absolute Gasteiger partial charge is 0.463 e. The van der Waals surface area contributed by atoms with Gasteiger partial charge in [0.15, 0.2) is 44.0 Å². The zero-order valence-electron chi connectivity index (χ0n) is 44.3. The number of aliphatic hydroxyl groups is 19. The fourth-order valence-corrected chi connectivity index (χ4v) is 11.2. The van der Waals surface area contributed by atoms with Gasteiger partial charge in [-0.1, -0.05) is 0 Å². The van der Waals surface area contributed by atoms with Crippen LogP contribution in [0.3, 0.4) is 0 Å². The van der Waals surface area contributed by atoms with Crippen molar-refractivity contribution < 1.29 is 173 Å². The van der Waals surface area contributed by atoms with Crippen LogP contribution >= 0.6 is 0 Å². The van der Waals surface area contributed by atoms with Gasteiger partial charge in [0.2, 0.25) is 0 Å². The van der Waals surface area contributed by atoms with Crippen LogP contribution in [0.5, 0.6) is 0 Å². The maximum atomic E-state index is 12.1. The Morgan fingerprint density at radius 1 is 0.357 bits per heavy atom. The Morgan fingerprint density at radius 2 is 0.583 bits per heavy atom. The number of aromatic nitrogens is 2. The van der Waals surface area contributed by atoms with Gasteiger partial charge >= 0.3 is 5.97 Å². The van der Waals surface area contributed by atoms with E-state index in [0.29, 0.717) is 0 Å². The normalized spacial score (nSPS) is 51.6. The van der Waals surface area contributed by atoms with E-state index in [4.69, 9.17) is 71.1 Å². The maximum absolute atomic E-state index is 12.1. The van der Waals surface area contributed by atoms with Gasteiger partial charge in [-0.15, -0.1) is 0 Å². The van der Waals surface area contributed by atoms with Crippen molar-refractivity contribution in [2.75, 3.05) is 39.6 Å². The Labute approximate surface area is 474 Å². The van der Waals surface area contributed by atoms with Crippen LogP contribution in [0.25, 0.3) is 0 Å². The minimum Gasteiger partial charge on any atom is -0.463 e. The van der Waals surface area contributed by atoms with Gasteiger partial charge in [-0.2, -0.15) is 0 Å². The highest BCUT2D eigenvalue weighted by atomic mass is 16.8. The molecule has 1 aromatic rings. The average molecular weight is 1230 g/mol. The Morgan fingerprint density at radius 3 is 0.810 bits per heavy atom. The fourth-order valence-electron chi connectivity index (χ4n) is 11.2. The highest BCUT2D eigenvalue weighted by molar-refractivity contribution is 5.65. The number of rotatable bonds is 9. The molecule has 21 aliphatic rings. The van der Waals surface area contributed by atoms with Crippen LogP contribution in [-0.4, -0.2) is 367 Å². The molecule has 0 saturated carbocycles. The minimum atomic E-state index is -2.23. The monoisotopic (exact) mass is 1230 g/mol. The molecule has 19 N–H and O–H groups in total. The maximum Gasteiger partial charge on any atom is 0.302 e. The molecule has 22 rings (SSSR count). The Bertz CT molecular complexity index is 2210. The zero-order valence-corrected chi connectivity index (χ0v) is 44.3. The molecule has 0 aliphatic carbocycles. The predicted molar refractivity (Wildman–Crippen MR) is 253 cm³/mol. The van der Waals surface area contributed by atoms with Crippen molar-refractivity contribution >= 4 is 5.97 Å².